The number of carbonyl (C=O) groups excluding carboxylic acids is 4. The molecule has 0 radical (unpaired) electrons. The van der Waals surface area contributed by atoms with Crippen molar-refractivity contribution >= 4 is 23.7 Å². The van der Waals surface area contributed by atoms with Gasteiger partial charge in [-0.3, -0.25) is 19.2 Å². The molecule has 7 aliphatic rings. The summed E-state index contributed by atoms with van der Waals surface area (Å²) in [6, 6.07) is 0. The highest BCUT2D eigenvalue weighted by atomic mass is 16.6. The van der Waals surface area contributed by atoms with Crippen LogP contribution < -0.4 is 0 Å². The van der Waals surface area contributed by atoms with Crippen molar-refractivity contribution in [2.24, 2.45) is 58.2 Å². The summed E-state index contributed by atoms with van der Waals surface area (Å²) in [7, 11) is 0. The zero-order chi connectivity index (χ0) is 19.2. The van der Waals surface area contributed by atoms with Gasteiger partial charge in [-0.15, -0.1) is 0 Å². The van der Waals surface area contributed by atoms with Crippen molar-refractivity contribution in [3.05, 3.63) is 0 Å². The number of carbonyl (C=O) groups is 4. The molecule has 1 N–H and O–H groups in total. The minimum atomic E-state index is -1.03. The molecule has 2 saturated heterocycles. The second kappa shape index (κ2) is 4.53. The Morgan fingerprint density at radius 1 is 0.786 bits per heavy atom. The lowest BCUT2D eigenvalue weighted by Gasteiger charge is -2.41. The molecule has 28 heavy (non-hydrogen) atoms. The van der Waals surface area contributed by atoms with Crippen molar-refractivity contribution in [1.29, 1.82) is 0 Å². The van der Waals surface area contributed by atoms with Crippen LogP contribution in [-0.4, -0.2) is 35.1 Å². The Labute approximate surface area is 161 Å². The van der Waals surface area contributed by atoms with Crippen molar-refractivity contribution in [3.63, 3.8) is 0 Å². The maximum Gasteiger partial charge on any atom is 0.317 e. The summed E-state index contributed by atoms with van der Waals surface area (Å²) in [5.74, 6) is -2.21. The van der Waals surface area contributed by atoms with Gasteiger partial charge in [0, 0.05) is 16.7 Å². The average Bonchev–Trinajstić information content (AvgIpc) is 3.46. The van der Waals surface area contributed by atoms with E-state index < -0.39 is 35.0 Å². The monoisotopic (exact) mass is 386 g/mol. The molecule has 4 bridgehead atoms. The summed E-state index contributed by atoms with van der Waals surface area (Å²) < 4.78 is 10.0. The lowest BCUT2D eigenvalue weighted by molar-refractivity contribution is -0.159. The van der Waals surface area contributed by atoms with Crippen molar-refractivity contribution < 1.29 is 33.8 Å². The van der Waals surface area contributed by atoms with Gasteiger partial charge < -0.3 is 14.6 Å². The van der Waals surface area contributed by atoms with Gasteiger partial charge in [0.1, 0.15) is 5.78 Å². The molecule has 2 spiro atoms. The van der Waals surface area contributed by atoms with Crippen molar-refractivity contribution in [2.75, 3.05) is 0 Å². The second-order valence-electron chi connectivity index (χ2n) is 10.5. The SMILES string of the molecule is O=C1OC(=O)C2C1C1CC2C2(CCC3(CC4CC3C3C(=O)OC(O)C43)C2=O)C1. The number of cyclic esters (lactones) is 3. The van der Waals surface area contributed by atoms with Crippen LogP contribution in [0.25, 0.3) is 0 Å². The number of aliphatic hydroxyl groups excluding tert-OH is 1. The third-order valence-electron chi connectivity index (χ3n) is 10.0. The molecule has 7 rings (SSSR count). The van der Waals surface area contributed by atoms with E-state index in [4.69, 9.17) is 9.47 Å². The maximum atomic E-state index is 14.0. The first-order valence-electron chi connectivity index (χ1n) is 10.6. The van der Waals surface area contributed by atoms with Crippen LogP contribution in [0.3, 0.4) is 0 Å². The van der Waals surface area contributed by atoms with Crippen LogP contribution in [0.1, 0.15) is 38.5 Å². The van der Waals surface area contributed by atoms with Crippen molar-refractivity contribution in [3.8, 4) is 0 Å². The number of ether oxygens (including phenoxy) is 2. The molecule has 5 aliphatic carbocycles. The molecule has 2 aliphatic heterocycles. The number of hydrogen-bond donors (Lipinski definition) is 1. The van der Waals surface area contributed by atoms with Crippen LogP contribution in [0, 0.1) is 58.2 Å². The van der Waals surface area contributed by atoms with Gasteiger partial charge in [-0.1, -0.05) is 0 Å². The van der Waals surface area contributed by atoms with Crippen molar-refractivity contribution in [1.82, 2.24) is 0 Å². The lowest BCUT2D eigenvalue weighted by Crippen LogP contribution is -2.48. The normalized spacial score (nSPS) is 60.2. The molecule has 5 saturated carbocycles. The highest BCUT2D eigenvalue weighted by molar-refractivity contribution is 6.01. The van der Waals surface area contributed by atoms with Gasteiger partial charge in [0.05, 0.1) is 17.8 Å². The molecule has 7 fully saturated rings. The fourth-order valence-corrected chi connectivity index (χ4v) is 9.32. The largest absolute Gasteiger partial charge is 0.435 e. The molecule has 2 heterocycles. The molecule has 7 heteroatoms. The van der Waals surface area contributed by atoms with E-state index in [1.165, 1.54) is 0 Å². The summed E-state index contributed by atoms with van der Waals surface area (Å²) >= 11 is 0. The summed E-state index contributed by atoms with van der Waals surface area (Å²) in [6.07, 6.45) is 3.45. The standard InChI is InChI=1S/C21H22O7/c22-15-11-7-3-9(13(11)17(24)27-15)20(5-7)1-2-21(19(20)26)6-8-4-10(21)14-12(8)16(23)28-18(14)25/h7-15,22H,1-6H2. The van der Waals surface area contributed by atoms with Crippen LogP contribution in [0.5, 0.6) is 0 Å². The quantitative estimate of drug-likeness (QED) is 0.485. The van der Waals surface area contributed by atoms with Gasteiger partial charge in [0.25, 0.3) is 0 Å². The predicted octanol–water partition coefficient (Wildman–Crippen LogP) is 0.825. The van der Waals surface area contributed by atoms with Crippen LogP contribution in [0.2, 0.25) is 0 Å². The molecule has 11 atom stereocenters. The molecule has 148 valence electrons. The topological polar surface area (TPSA) is 107 Å². The van der Waals surface area contributed by atoms with E-state index in [-0.39, 0.29) is 53.2 Å². The number of esters is 3. The zero-order valence-electron chi connectivity index (χ0n) is 15.3. The molecule has 0 aromatic rings. The van der Waals surface area contributed by atoms with Crippen LogP contribution in [-0.2, 0) is 28.7 Å². The van der Waals surface area contributed by atoms with E-state index in [9.17, 15) is 24.3 Å². The third-order valence-corrected chi connectivity index (χ3v) is 10.0. The highest BCUT2D eigenvalue weighted by Gasteiger charge is 2.78. The smallest absolute Gasteiger partial charge is 0.317 e. The number of fused-ring (bicyclic) bond motifs is 12. The van der Waals surface area contributed by atoms with Gasteiger partial charge >= 0.3 is 17.9 Å². The Hall–Kier alpha value is -1.76. The fourth-order valence-electron chi connectivity index (χ4n) is 9.32. The van der Waals surface area contributed by atoms with Gasteiger partial charge in [0.2, 0.25) is 6.29 Å². The Kier molecular flexibility index (Phi) is 2.60. The van der Waals surface area contributed by atoms with E-state index in [0.29, 0.717) is 6.42 Å². The minimum Gasteiger partial charge on any atom is -0.435 e. The van der Waals surface area contributed by atoms with Gasteiger partial charge in [-0.05, 0) is 62.2 Å². The van der Waals surface area contributed by atoms with Crippen LogP contribution in [0.15, 0.2) is 0 Å². The first-order chi connectivity index (χ1) is 13.4. The minimum absolute atomic E-state index is 0.0499. The molecule has 0 aromatic carbocycles. The fraction of sp³-hybridized carbons (Fsp3) is 0.810. The Balaban J connectivity index is 1.26. The molecule has 0 aromatic heterocycles. The Morgan fingerprint density at radius 2 is 1.39 bits per heavy atom. The van der Waals surface area contributed by atoms with Crippen LogP contribution >= 0.6 is 0 Å². The third kappa shape index (κ3) is 1.44. The number of Topliss-reactive ketones (excluding diaryl/α,β-unsaturated/α-hetero) is 1. The van der Waals surface area contributed by atoms with Gasteiger partial charge in [0.15, 0.2) is 0 Å². The number of hydrogen-bond acceptors (Lipinski definition) is 7. The first-order valence-corrected chi connectivity index (χ1v) is 10.6. The molecule has 0 amide bonds. The van der Waals surface area contributed by atoms with E-state index in [0.717, 1.165) is 32.1 Å². The molecular weight excluding hydrogens is 364 g/mol. The van der Waals surface area contributed by atoms with Gasteiger partial charge in [-0.2, -0.15) is 0 Å². The van der Waals surface area contributed by atoms with E-state index in [2.05, 4.69) is 0 Å². The molecular formula is C21H22O7. The van der Waals surface area contributed by atoms with E-state index in [1.54, 1.807) is 0 Å². The predicted molar refractivity (Wildman–Crippen MR) is 88.7 cm³/mol. The summed E-state index contributed by atoms with van der Waals surface area (Å²) in [4.78, 5) is 50.8. The van der Waals surface area contributed by atoms with Gasteiger partial charge in [-0.25, -0.2) is 0 Å². The Bertz CT molecular complexity index is 880. The lowest BCUT2D eigenvalue weighted by atomic mass is 9.58. The number of ketones is 1. The van der Waals surface area contributed by atoms with Crippen molar-refractivity contribution in [2.45, 2.75) is 44.8 Å². The maximum absolute atomic E-state index is 14.0. The van der Waals surface area contributed by atoms with E-state index >= 15 is 0 Å². The number of rotatable bonds is 0. The average molecular weight is 386 g/mol. The molecule has 7 nitrogen and oxygen atoms in total. The molecule has 11 unspecified atom stereocenters. The highest BCUT2D eigenvalue weighted by Crippen LogP contribution is 2.75. The summed E-state index contributed by atoms with van der Waals surface area (Å²) in [5.41, 5.74) is -1.04. The number of aliphatic hydroxyl groups is 1. The van der Waals surface area contributed by atoms with Crippen LogP contribution in [0.4, 0.5) is 0 Å². The second-order valence-corrected chi connectivity index (χ2v) is 10.5. The summed E-state index contributed by atoms with van der Waals surface area (Å²) in [5, 5.41) is 10.1. The van der Waals surface area contributed by atoms with E-state index in [1.807, 2.05) is 0 Å². The summed E-state index contributed by atoms with van der Waals surface area (Å²) in [6.45, 7) is 0. The Morgan fingerprint density at radius 3 is 2.14 bits per heavy atom. The zero-order valence-corrected chi connectivity index (χ0v) is 15.3. The first kappa shape index (κ1) is 16.1.